The minimum Gasteiger partial charge on any atom is -0.481 e. The third kappa shape index (κ3) is 1.91. The van der Waals surface area contributed by atoms with E-state index in [-0.39, 0.29) is 5.41 Å². The van der Waals surface area contributed by atoms with Crippen LogP contribution in [0, 0.1) is 17.3 Å². The molecule has 2 aliphatic rings. The van der Waals surface area contributed by atoms with Crippen molar-refractivity contribution in [2.75, 3.05) is 0 Å². The normalized spacial score (nSPS) is 38.1. The maximum Gasteiger partial charge on any atom is 0.309 e. The average Bonchev–Trinajstić information content (AvgIpc) is 2.40. The summed E-state index contributed by atoms with van der Waals surface area (Å²) in [5.41, 5.74) is -0.330. The molecule has 0 radical (unpaired) electrons. The van der Waals surface area contributed by atoms with Gasteiger partial charge in [0, 0.05) is 0 Å². The van der Waals surface area contributed by atoms with Crippen LogP contribution >= 0.6 is 0 Å². The molecule has 2 saturated carbocycles. The lowest BCUT2D eigenvalue weighted by molar-refractivity contribution is -0.165. The lowest BCUT2D eigenvalue weighted by atomic mass is 9.55. The predicted molar refractivity (Wildman–Crippen MR) is 59.7 cm³/mol. The van der Waals surface area contributed by atoms with Crippen molar-refractivity contribution in [3.05, 3.63) is 0 Å². The summed E-state index contributed by atoms with van der Waals surface area (Å²) in [6, 6.07) is 0. The molecule has 1 N–H and O–H groups in total. The quantitative estimate of drug-likeness (QED) is 0.709. The fraction of sp³-hybridized carbons (Fsp3) is 0.923. The van der Waals surface area contributed by atoms with Crippen molar-refractivity contribution < 1.29 is 9.90 Å². The second-order valence-electron chi connectivity index (χ2n) is 5.66. The molecule has 0 bridgehead atoms. The van der Waals surface area contributed by atoms with Crippen LogP contribution in [0.15, 0.2) is 0 Å². The summed E-state index contributed by atoms with van der Waals surface area (Å²) in [6.45, 7) is 2.18. The van der Waals surface area contributed by atoms with Crippen molar-refractivity contribution in [3.63, 3.8) is 0 Å². The van der Waals surface area contributed by atoms with Gasteiger partial charge in [0.05, 0.1) is 5.41 Å². The van der Waals surface area contributed by atoms with Gasteiger partial charge >= 0.3 is 5.97 Å². The molecule has 2 heteroatoms. The Balaban J connectivity index is 2.07. The number of hydrogen-bond acceptors (Lipinski definition) is 1. The van der Waals surface area contributed by atoms with Gasteiger partial charge in [0.2, 0.25) is 0 Å². The molecule has 86 valence electrons. The molecule has 0 aromatic rings. The smallest absolute Gasteiger partial charge is 0.309 e. The Kier molecular flexibility index (Phi) is 3.03. The molecule has 0 aromatic heterocycles. The van der Waals surface area contributed by atoms with Crippen LogP contribution in [-0.2, 0) is 4.79 Å². The minimum atomic E-state index is -0.521. The fourth-order valence-corrected chi connectivity index (χ4v) is 3.70. The zero-order chi connectivity index (χ0) is 10.9. The first-order chi connectivity index (χ1) is 7.15. The summed E-state index contributed by atoms with van der Waals surface area (Å²) in [6.07, 6.45) is 9.25. The first-order valence-corrected chi connectivity index (χ1v) is 6.38. The van der Waals surface area contributed by atoms with Crippen molar-refractivity contribution in [2.45, 2.75) is 58.3 Å². The number of hydrogen-bond donors (Lipinski definition) is 1. The van der Waals surface area contributed by atoms with Crippen LogP contribution < -0.4 is 0 Å². The molecule has 0 saturated heterocycles. The summed E-state index contributed by atoms with van der Waals surface area (Å²) in [5, 5.41) is 9.45. The summed E-state index contributed by atoms with van der Waals surface area (Å²) < 4.78 is 0. The number of aliphatic carboxylic acids is 1. The van der Waals surface area contributed by atoms with Crippen LogP contribution in [-0.4, -0.2) is 11.1 Å². The monoisotopic (exact) mass is 210 g/mol. The van der Waals surface area contributed by atoms with Crippen LogP contribution in [0.2, 0.25) is 0 Å². The molecule has 0 aliphatic heterocycles. The summed E-state index contributed by atoms with van der Waals surface area (Å²) in [7, 11) is 0. The Bertz CT molecular complexity index is 233. The number of rotatable bonds is 2. The van der Waals surface area contributed by atoms with Crippen LogP contribution in [0.4, 0.5) is 0 Å². The largest absolute Gasteiger partial charge is 0.481 e. The summed E-state index contributed by atoms with van der Waals surface area (Å²) >= 11 is 0. The Morgan fingerprint density at radius 1 is 1.13 bits per heavy atom. The predicted octanol–water partition coefficient (Wildman–Crippen LogP) is 3.46. The van der Waals surface area contributed by atoms with Gasteiger partial charge in [0.1, 0.15) is 0 Å². The van der Waals surface area contributed by atoms with E-state index in [9.17, 15) is 9.90 Å². The van der Waals surface area contributed by atoms with Crippen molar-refractivity contribution in [3.8, 4) is 0 Å². The second kappa shape index (κ2) is 4.15. The molecule has 2 aliphatic carbocycles. The molecule has 2 nitrogen and oxygen atoms in total. The van der Waals surface area contributed by atoms with Gasteiger partial charge < -0.3 is 5.11 Å². The van der Waals surface area contributed by atoms with E-state index in [0.29, 0.717) is 11.8 Å². The van der Waals surface area contributed by atoms with E-state index in [1.165, 1.54) is 25.7 Å². The average molecular weight is 210 g/mol. The van der Waals surface area contributed by atoms with Gasteiger partial charge in [-0.25, -0.2) is 0 Å². The number of carboxylic acids is 1. The van der Waals surface area contributed by atoms with Crippen LogP contribution in [0.25, 0.3) is 0 Å². The molecule has 2 fully saturated rings. The summed E-state index contributed by atoms with van der Waals surface area (Å²) in [4.78, 5) is 11.5. The topological polar surface area (TPSA) is 37.3 Å². The molecule has 0 atom stereocenters. The first kappa shape index (κ1) is 11.0. The zero-order valence-electron chi connectivity index (χ0n) is 9.67. The van der Waals surface area contributed by atoms with Gasteiger partial charge in [0.15, 0.2) is 0 Å². The lowest BCUT2D eigenvalue weighted by Crippen LogP contribution is -2.48. The highest BCUT2D eigenvalue weighted by Crippen LogP contribution is 2.54. The standard InChI is InChI=1S/C13H22O2/c1-10-8-13(9-10,12(14)15)11-6-4-2-3-5-7-11/h10-11H,2-9H2,1H3,(H,14,15). The Morgan fingerprint density at radius 3 is 2.07 bits per heavy atom. The van der Waals surface area contributed by atoms with Gasteiger partial charge in [-0.1, -0.05) is 32.6 Å². The highest BCUT2D eigenvalue weighted by atomic mass is 16.4. The third-order valence-corrected chi connectivity index (χ3v) is 4.49. The minimum absolute atomic E-state index is 0.330. The molecule has 0 unspecified atom stereocenters. The van der Waals surface area contributed by atoms with Gasteiger partial charge in [-0.15, -0.1) is 0 Å². The molecule has 15 heavy (non-hydrogen) atoms. The number of carbonyl (C=O) groups is 1. The van der Waals surface area contributed by atoms with E-state index in [1.807, 2.05) is 0 Å². The van der Waals surface area contributed by atoms with E-state index in [4.69, 9.17) is 0 Å². The molecule has 0 heterocycles. The maximum atomic E-state index is 11.5. The SMILES string of the molecule is CC1CC(C(=O)O)(C2CCCCCC2)C1. The highest BCUT2D eigenvalue weighted by Gasteiger charge is 2.53. The molecular weight excluding hydrogens is 188 g/mol. The Labute approximate surface area is 92.1 Å². The van der Waals surface area contributed by atoms with Gasteiger partial charge in [-0.2, -0.15) is 0 Å². The van der Waals surface area contributed by atoms with Crippen molar-refractivity contribution in [1.29, 1.82) is 0 Å². The molecule has 0 spiro atoms. The Morgan fingerprint density at radius 2 is 1.67 bits per heavy atom. The van der Waals surface area contributed by atoms with Crippen molar-refractivity contribution in [1.82, 2.24) is 0 Å². The van der Waals surface area contributed by atoms with Crippen LogP contribution in [0.3, 0.4) is 0 Å². The molecular formula is C13H22O2. The van der Waals surface area contributed by atoms with Crippen molar-refractivity contribution >= 4 is 5.97 Å². The summed E-state index contributed by atoms with van der Waals surface area (Å²) in [5.74, 6) is 0.575. The zero-order valence-corrected chi connectivity index (χ0v) is 9.67. The van der Waals surface area contributed by atoms with E-state index < -0.39 is 5.97 Å². The van der Waals surface area contributed by atoms with Crippen molar-refractivity contribution in [2.24, 2.45) is 17.3 Å². The van der Waals surface area contributed by atoms with E-state index in [2.05, 4.69) is 6.92 Å². The fourth-order valence-electron chi connectivity index (χ4n) is 3.70. The third-order valence-electron chi connectivity index (χ3n) is 4.49. The van der Waals surface area contributed by atoms with Crippen LogP contribution in [0.5, 0.6) is 0 Å². The van der Waals surface area contributed by atoms with E-state index >= 15 is 0 Å². The highest BCUT2D eigenvalue weighted by molar-refractivity contribution is 5.76. The van der Waals surface area contributed by atoms with E-state index in [1.54, 1.807) is 0 Å². The lowest BCUT2D eigenvalue weighted by Gasteiger charge is -2.48. The second-order valence-corrected chi connectivity index (χ2v) is 5.66. The molecule has 2 rings (SSSR count). The van der Waals surface area contributed by atoms with Crippen LogP contribution in [0.1, 0.15) is 58.3 Å². The van der Waals surface area contributed by atoms with E-state index in [0.717, 1.165) is 25.7 Å². The van der Waals surface area contributed by atoms with Gasteiger partial charge in [0.25, 0.3) is 0 Å². The van der Waals surface area contributed by atoms with Gasteiger partial charge in [-0.05, 0) is 37.5 Å². The van der Waals surface area contributed by atoms with Gasteiger partial charge in [-0.3, -0.25) is 4.79 Å². The molecule has 0 aromatic carbocycles. The Hall–Kier alpha value is -0.530. The maximum absolute atomic E-state index is 11.5. The number of carboxylic acid groups (broad SMARTS) is 1. The molecule has 0 amide bonds. The first-order valence-electron chi connectivity index (χ1n) is 6.38.